The van der Waals surface area contributed by atoms with Gasteiger partial charge >= 0.3 is 5.97 Å². The molecular formula is C24H20ClNO3S. The molecule has 2 heterocycles. The van der Waals surface area contributed by atoms with E-state index < -0.39 is 11.8 Å². The molecule has 0 atom stereocenters. The number of hydrogen-bond donors (Lipinski definition) is 0. The van der Waals surface area contributed by atoms with Gasteiger partial charge in [-0.2, -0.15) is 0 Å². The van der Waals surface area contributed by atoms with Crippen molar-refractivity contribution in [2.45, 2.75) is 20.8 Å². The topological polar surface area (TPSA) is 47.8 Å². The number of carbonyl (C=O) groups excluding carboxylic acids is 2. The molecule has 0 amide bonds. The number of nitrogens with zero attached hydrogens (tertiary/aromatic N) is 1. The second-order valence-electron chi connectivity index (χ2n) is 6.91. The van der Waals surface area contributed by atoms with Gasteiger partial charge in [-0.1, -0.05) is 54.1 Å². The molecule has 0 N–H and O–H groups in total. The lowest BCUT2D eigenvalue weighted by molar-refractivity contribution is -0.137. The number of benzene rings is 2. The van der Waals surface area contributed by atoms with E-state index in [0.717, 1.165) is 32.1 Å². The third kappa shape index (κ3) is 3.34. The van der Waals surface area contributed by atoms with Crippen LogP contribution < -0.4 is 0 Å². The number of hydrogen-bond acceptors (Lipinski definition) is 4. The lowest BCUT2D eigenvalue weighted by Gasteiger charge is -2.09. The summed E-state index contributed by atoms with van der Waals surface area (Å²) >= 11 is 7.72. The molecule has 2 aromatic heterocycles. The van der Waals surface area contributed by atoms with Crippen molar-refractivity contribution in [1.29, 1.82) is 0 Å². The number of aryl methyl sites for hydroxylation is 2. The van der Waals surface area contributed by atoms with Crippen LogP contribution in [0.15, 0.2) is 54.6 Å². The first-order valence-corrected chi connectivity index (χ1v) is 10.8. The summed E-state index contributed by atoms with van der Waals surface area (Å²) in [5.74, 6) is -1.50. The third-order valence-corrected chi connectivity index (χ3v) is 6.53. The number of esters is 1. The maximum Gasteiger partial charge on any atom is 0.381 e. The van der Waals surface area contributed by atoms with Crippen LogP contribution in [0.2, 0.25) is 5.02 Å². The molecule has 0 saturated heterocycles. The van der Waals surface area contributed by atoms with Crippen LogP contribution in [-0.4, -0.2) is 22.8 Å². The number of ether oxygens (including phenoxy) is 1. The Labute approximate surface area is 183 Å². The van der Waals surface area contributed by atoms with Gasteiger partial charge in [0.15, 0.2) is 0 Å². The van der Waals surface area contributed by atoms with E-state index in [4.69, 9.17) is 16.3 Å². The highest BCUT2D eigenvalue weighted by atomic mass is 35.5. The Bertz CT molecular complexity index is 1250. The molecule has 2 aromatic carbocycles. The van der Waals surface area contributed by atoms with E-state index in [1.165, 1.54) is 0 Å². The summed E-state index contributed by atoms with van der Waals surface area (Å²) in [6.07, 6.45) is 0. The molecule has 4 nitrogen and oxygen atoms in total. The van der Waals surface area contributed by atoms with Crippen LogP contribution in [0.1, 0.15) is 28.0 Å². The van der Waals surface area contributed by atoms with Crippen molar-refractivity contribution >= 4 is 39.5 Å². The van der Waals surface area contributed by atoms with Gasteiger partial charge in [-0.3, -0.25) is 9.20 Å². The highest BCUT2D eigenvalue weighted by Crippen LogP contribution is 2.44. The molecule has 0 radical (unpaired) electrons. The molecule has 0 bridgehead atoms. The average molecular weight is 438 g/mol. The zero-order chi connectivity index (χ0) is 21.4. The number of halogens is 1. The average Bonchev–Trinajstić information content (AvgIpc) is 3.22. The summed E-state index contributed by atoms with van der Waals surface area (Å²) in [6.45, 7) is 5.81. The van der Waals surface area contributed by atoms with Crippen LogP contribution in [0.25, 0.3) is 27.1 Å². The van der Waals surface area contributed by atoms with Crippen LogP contribution in [0.4, 0.5) is 0 Å². The first kappa shape index (κ1) is 20.4. The molecule has 0 unspecified atom stereocenters. The van der Waals surface area contributed by atoms with Gasteiger partial charge in [-0.25, -0.2) is 4.79 Å². The molecule has 0 aliphatic rings. The first-order chi connectivity index (χ1) is 14.4. The van der Waals surface area contributed by atoms with Crippen molar-refractivity contribution in [2.24, 2.45) is 0 Å². The molecular weight excluding hydrogens is 418 g/mol. The van der Waals surface area contributed by atoms with Gasteiger partial charge in [-0.05, 0) is 44.0 Å². The summed E-state index contributed by atoms with van der Waals surface area (Å²) < 4.78 is 6.95. The fraction of sp³-hybridized carbons (Fsp3) is 0.167. The van der Waals surface area contributed by atoms with Gasteiger partial charge in [-0.15, -0.1) is 11.3 Å². The second-order valence-corrected chi connectivity index (χ2v) is 8.54. The molecule has 4 rings (SSSR count). The molecule has 0 spiro atoms. The summed E-state index contributed by atoms with van der Waals surface area (Å²) in [4.78, 5) is 27.8. The predicted molar refractivity (Wildman–Crippen MR) is 122 cm³/mol. The second kappa shape index (κ2) is 8.09. The largest absolute Gasteiger partial charge is 0.460 e. The van der Waals surface area contributed by atoms with Crippen molar-refractivity contribution in [3.8, 4) is 22.3 Å². The van der Waals surface area contributed by atoms with Gasteiger partial charge in [0.2, 0.25) is 0 Å². The first-order valence-electron chi connectivity index (χ1n) is 9.61. The molecule has 0 aliphatic heterocycles. The highest BCUT2D eigenvalue weighted by molar-refractivity contribution is 7.18. The summed E-state index contributed by atoms with van der Waals surface area (Å²) in [6, 6.07) is 17.2. The van der Waals surface area contributed by atoms with E-state index in [0.29, 0.717) is 16.3 Å². The minimum Gasteiger partial charge on any atom is -0.460 e. The number of rotatable bonds is 5. The number of aromatic nitrogens is 1. The van der Waals surface area contributed by atoms with E-state index in [-0.39, 0.29) is 6.61 Å². The van der Waals surface area contributed by atoms with E-state index in [2.05, 4.69) is 0 Å². The Morgan fingerprint density at radius 3 is 2.23 bits per heavy atom. The Morgan fingerprint density at radius 2 is 1.60 bits per heavy atom. The Morgan fingerprint density at radius 1 is 0.967 bits per heavy atom. The highest BCUT2D eigenvalue weighted by Gasteiger charge is 2.32. The van der Waals surface area contributed by atoms with E-state index in [1.807, 2.05) is 60.7 Å². The van der Waals surface area contributed by atoms with Crippen molar-refractivity contribution in [3.63, 3.8) is 0 Å². The number of fused-ring (bicyclic) bond motifs is 1. The fourth-order valence-electron chi connectivity index (χ4n) is 3.62. The number of carbonyl (C=O) groups is 2. The van der Waals surface area contributed by atoms with Crippen molar-refractivity contribution < 1.29 is 14.3 Å². The van der Waals surface area contributed by atoms with Gasteiger partial charge in [0.05, 0.1) is 6.61 Å². The third-order valence-electron chi connectivity index (χ3n) is 5.09. The molecule has 6 heteroatoms. The minimum absolute atomic E-state index is 0.141. The van der Waals surface area contributed by atoms with Crippen molar-refractivity contribution in [2.75, 3.05) is 6.61 Å². The maximum atomic E-state index is 13.3. The summed E-state index contributed by atoms with van der Waals surface area (Å²) in [7, 11) is 0. The van der Waals surface area contributed by atoms with Crippen molar-refractivity contribution in [1.82, 2.24) is 4.40 Å². The molecule has 152 valence electrons. The quantitative estimate of drug-likeness (QED) is 0.207. The standard InChI is InChI=1S/C24H20ClNO3S/c1-4-29-24(28)22(27)21-19(17-10-12-18(25)13-11-17)20(16-8-6-5-7-9-16)23-26(21)14(2)15(3)30-23/h5-13H,4H2,1-3H3. The lowest BCUT2D eigenvalue weighted by atomic mass is 9.95. The van der Waals surface area contributed by atoms with Gasteiger partial charge in [0.25, 0.3) is 5.78 Å². The van der Waals surface area contributed by atoms with Gasteiger partial charge < -0.3 is 4.74 Å². The molecule has 0 saturated carbocycles. The number of ketones is 1. The molecule has 0 aliphatic carbocycles. The summed E-state index contributed by atoms with van der Waals surface area (Å²) in [5, 5.41) is 0.603. The van der Waals surface area contributed by atoms with Crippen LogP contribution in [0.5, 0.6) is 0 Å². The maximum absolute atomic E-state index is 13.3. The van der Waals surface area contributed by atoms with Crippen LogP contribution in [0, 0.1) is 13.8 Å². The molecule has 4 aromatic rings. The Balaban J connectivity index is 2.14. The Hall–Kier alpha value is -2.89. The summed E-state index contributed by atoms with van der Waals surface area (Å²) in [5.41, 5.74) is 4.69. The number of thiazole rings is 1. The fourth-order valence-corrected chi connectivity index (χ4v) is 4.92. The smallest absolute Gasteiger partial charge is 0.381 e. The molecule has 0 fully saturated rings. The minimum atomic E-state index is -0.852. The van der Waals surface area contributed by atoms with E-state index >= 15 is 0 Å². The van der Waals surface area contributed by atoms with Crippen LogP contribution >= 0.6 is 22.9 Å². The monoisotopic (exact) mass is 437 g/mol. The zero-order valence-electron chi connectivity index (χ0n) is 16.9. The Kier molecular flexibility index (Phi) is 5.50. The predicted octanol–water partition coefficient (Wildman–Crippen LogP) is 6.35. The SMILES string of the molecule is CCOC(=O)C(=O)c1c(-c2ccc(Cl)cc2)c(-c2ccccc2)c2sc(C)c(C)n12. The zero-order valence-corrected chi connectivity index (χ0v) is 18.4. The molecule has 30 heavy (non-hydrogen) atoms. The normalized spacial score (nSPS) is 11.1. The van der Waals surface area contributed by atoms with Crippen molar-refractivity contribution in [3.05, 3.63) is 75.9 Å². The van der Waals surface area contributed by atoms with E-state index in [1.54, 1.807) is 30.4 Å². The lowest BCUT2D eigenvalue weighted by Crippen LogP contribution is -2.20. The van der Waals surface area contributed by atoms with Gasteiger partial charge in [0.1, 0.15) is 10.5 Å². The van der Waals surface area contributed by atoms with Crippen LogP contribution in [-0.2, 0) is 9.53 Å². The van der Waals surface area contributed by atoms with Crippen LogP contribution in [0.3, 0.4) is 0 Å². The van der Waals surface area contributed by atoms with Gasteiger partial charge in [0, 0.05) is 26.7 Å². The van der Waals surface area contributed by atoms with E-state index in [9.17, 15) is 9.59 Å². The number of Topliss-reactive ketones (excluding diaryl/α,β-unsaturated/α-hetero) is 1.